The first-order valence-electron chi connectivity index (χ1n) is 29.4. The van der Waals surface area contributed by atoms with Gasteiger partial charge >= 0.3 is 7.12 Å². The molecule has 18 rings (SSSR count). The maximum Gasteiger partial charge on any atom is 0.488 e. The van der Waals surface area contributed by atoms with E-state index in [1.165, 1.54) is 99.1 Å². The molecule has 0 saturated heterocycles. The Morgan fingerprint density at radius 3 is 1.09 bits per heavy atom. The summed E-state index contributed by atoms with van der Waals surface area (Å²) >= 11 is 12.5. The molecule has 0 radical (unpaired) electrons. The van der Waals surface area contributed by atoms with Crippen LogP contribution in [0.1, 0.15) is 0 Å². The summed E-state index contributed by atoms with van der Waals surface area (Å²) in [6.45, 7) is 0. The molecule has 0 bridgehead atoms. The van der Waals surface area contributed by atoms with Crippen LogP contribution in [0.15, 0.2) is 288 Å². The molecule has 0 aliphatic rings. The summed E-state index contributed by atoms with van der Waals surface area (Å²) in [5.74, 6) is 0. The van der Waals surface area contributed by atoms with Gasteiger partial charge in [0.2, 0.25) is 0 Å². The first-order chi connectivity index (χ1) is 44.2. The van der Waals surface area contributed by atoms with Crippen molar-refractivity contribution >= 4 is 182 Å². The van der Waals surface area contributed by atoms with E-state index in [9.17, 15) is 10.0 Å². The Bertz CT molecular complexity index is 5530. The lowest BCUT2D eigenvalue weighted by Gasteiger charge is -2.09. The van der Waals surface area contributed by atoms with Crippen molar-refractivity contribution in [3.63, 3.8) is 0 Å². The van der Waals surface area contributed by atoms with Crippen LogP contribution in [0.5, 0.6) is 0 Å². The van der Waals surface area contributed by atoms with Gasteiger partial charge in [0, 0.05) is 121 Å². The molecule has 6 heterocycles. The van der Waals surface area contributed by atoms with Crippen LogP contribution in [0.25, 0.3) is 160 Å². The van der Waals surface area contributed by atoms with Crippen molar-refractivity contribution in [2.24, 2.45) is 0 Å². The summed E-state index contributed by atoms with van der Waals surface area (Å²) in [7, 11) is -1.42. The molecule has 6 aromatic heterocycles. The maximum atomic E-state index is 9.21. The Hall–Kier alpha value is -9.27. The second-order valence-corrected chi connectivity index (χ2v) is 27.3. The van der Waals surface area contributed by atoms with Gasteiger partial charge in [-0.25, -0.2) is 0 Å². The predicted molar refractivity (Wildman–Crippen MR) is 394 cm³/mol. The zero-order chi connectivity index (χ0) is 60.4. The SMILES string of the molecule is Brc1ccc2c(ccc3cc(Br)cnc32)c1.OB(O)c1ccc(-c2cccc3c2sc2ccccc23)cc1.c1ccc2c(c1)sc1c(-c3ccc(-c4cnc5c(ccc6cc(-c7ccc(-c8cccc9c8sc8ccccc89)cc7)cnc65)c4)cc3)cccc12. The van der Waals surface area contributed by atoms with Gasteiger partial charge < -0.3 is 10.0 Å². The summed E-state index contributed by atoms with van der Waals surface area (Å²) in [5.41, 5.74) is 15.2. The van der Waals surface area contributed by atoms with E-state index in [1.54, 1.807) is 23.5 Å². The van der Waals surface area contributed by atoms with Gasteiger partial charge in [0.15, 0.2) is 0 Å². The Labute approximate surface area is 546 Å². The summed E-state index contributed by atoms with van der Waals surface area (Å²) in [6, 6.07) is 92.0. The minimum atomic E-state index is -1.42. The zero-order valence-corrected chi connectivity index (χ0v) is 53.5. The number of thiophene rings is 3. The number of nitrogens with zero attached hydrogens (tertiary/aromatic N) is 3. The van der Waals surface area contributed by atoms with Crippen molar-refractivity contribution in [3.05, 3.63) is 288 Å². The smallest absolute Gasteiger partial charge is 0.423 e. The van der Waals surface area contributed by atoms with Crippen LogP contribution in [0.3, 0.4) is 0 Å². The van der Waals surface area contributed by atoms with Crippen molar-refractivity contribution in [2.45, 2.75) is 0 Å². The van der Waals surface area contributed by atoms with E-state index < -0.39 is 7.12 Å². The molecule has 0 aliphatic carbocycles. The number of hydrogen-bond donors (Lipinski definition) is 2. The minimum absolute atomic E-state index is 0.507. The third-order valence-corrected chi connectivity index (χ3v) is 21.5. The zero-order valence-electron chi connectivity index (χ0n) is 47.9. The van der Waals surface area contributed by atoms with Crippen LogP contribution in [0.4, 0.5) is 0 Å². The number of rotatable bonds is 6. The monoisotopic (exact) mass is 1340 g/mol. The number of hydrogen-bond acceptors (Lipinski definition) is 8. The topological polar surface area (TPSA) is 79.1 Å². The van der Waals surface area contributed by atoms with Gasteiger partial charge in [-0.05, 0) is 120 Å². The first-order valence-corrected chi connectivity index (χ1v) is 33.5. The molecule has 0 spiro atoms. The quantitative estimate of drug-likeness (QED) is 0.128. The molecule has 0 amide bonds. The van der Waals surface area contributed by atoms with E-state index in [0.717, 1.165) is 69.5 Å². The van der Waals surface area contributed by atoms with Crippen LogP contribution in [0, 0.1) is 0 Å². The highest BCUT2D eigenvalue weighted by atomic mass is 79.9. The molecular weight excluding hydrogens is 1290 g/mol. The lowest BCUT2D eigenvalue weighted by Crippen LogP contribution is -2.29. The van der Waals surface area contributed by atoms with Crippen LogP contribution in [-0.2, 0) is 0 Å². The highest BCUT2D eigenvalue weighted by Crippen LogP contribution is 2.44. The Balaban J connectivity index is 0.000000139. The largest absolute Gasteiger partial charge is 0.488 e. The summed E-state index contributed by atoms with van der Waals surface area (Å²) < 4.78 is 9.98. The lowest BCUT2D eigenvalue weighted by atomic mass is 9.80. The second kappa shape index (κ2) is 23.6. The molecule has 0 fully saturated rings. The minimum Gasteiger partial charge on any atom is -0.423 e. The average Bonchev–Trinajstić information content (AvgIpc) is 1.55. The Morgan fingerprint density at radius 1 is 0.278 bits per heavy atom. The van der Waals surface area contributed by atoms with Gasteiger partial charge in [-0.15, -0.1) is 34.0 Å². The third kappa shape index (κ3) is 10.4. The Kier molecular flexibility index (Phi) is 14.7. The van der Waals surface area contributed by atoms with Gasteiger partial charge in [-0.1, -0.05) is 228 Å². The van der Waals surface area contributed by atoms with E-state index in [1.807, 2.05) is 59.5 Å². The molecule has 0 aliphatic heterocycles. The molecular formula is C79H48BBr2N3O2S3. The van der Waals surface area contributed by atoms with Gasteiger partial charge in [0.1, 0.15) is 0 Å². The van der Waals surface area contributed by atoms with E-state index >= 15 is 0 Å². The molecule has 0 atom stereocenters. The summed E-state index contributed by atoms with van der Waals surface area (Å²) in [6.07, 6.45) is 5.80. The summed E-state index contributed by atoms with van der Waals surface area (Å²) in [5, 5.41) is 32.0. The van der Waals surface area contributed by atoms with Crippen LogP contribution in [-0.4, -0.2) is 32.1 Å². The third-order valence-electron chi connectivity index (χ3n) is 16.9. The van der Waals surface area contributed by atoms with E-state index in [4.69, 9.17) is 9.97 Å². The molecule has 5 nitrogen and oxygen atoms in total. The number of fused-ring (bicyclic) bond motifs is 15. The lowest BCUT2D eigenvalue weighted by molar-refractivity contribution is 0.426. The number of halogens is 2. The molecule has 12 aromatic carbocycles. The van der Waals surface area contributed by atoms with Crippen molar-refractivity contribution < 1.29 is 10.0 Å². The molecule has 18 aromatic rings. The molecule has 2 N–H and O–H groups in total. The molecule has 90 heavy (non-hydrogen) atoms. The average molecular weight is 1340 g/mol. The Morgan fingerprint density at radius 2 is 0.644 bits per heavy atom. The molecule has 0 unspecified atom stereocenters. The fourth-order valence-corrected chi connectivity index (χ4v) is 16.9. The molecule has 0 saturated carbocycles. The first kappa shape index (κ1) is 56.0. The standard InChI is InChI=1S/C48H28N2S2.C18H13BO2S.C13H7Br2N/c1-3-13-43-39(7-1)41-11-5-9-37(47(41)51-43)31-19-15-29(16-20-31)35-25-33-23-24-34-26-36(28-50-46(34)45(33)49-27-35)30-17-21-32(22-18-30)38-10-6-12-42-40-8-2-4-14-44(40)52-48(38)42;20-19(21)13-10-8-12(9-11-13)14-5-3-6-16-15-4-1-2-7-17(15)22-18(14)16;14-10-3-4-12-8(5-10)1-2-9-6-11(15)7-16-13(9)12/h1-28H;1-11,20-21H;1-7H. The fourth-order valence-electron chi connectivity index (χ4n) is 12.4. The normalized spacial score (nSPS) is 11.6. The van der Waals surface area contributed by atoms with Gasteiger partial charge in [-0.2, -0.15) is 0 Å². The maximum absolute atomic E-state index is 9.21. The van der Waals surface area contributed by atoms with E-state index in [0.29, 0.717) is 5.46 Å². The van der Waals surface area contributed by atoms with E-state index in [2.05, 4.69) is 267 Å². The highest BCUT2D eigenvalue weighted by Gasteiger charge is 2.16. The van der Waals surface area contributed by atoms with Gasteiger partial charge in [0.05, 0.1) is 16.6 Å². The van der Waals surface area contributed by atoms with Crippen LogP contribution < -0.4 is 5.46 Å². The highest BCUT2D eigenvalue weighted by molar-refractivity contribution is 9.10. The van der Waals surface area contributed by atoms with Gasteiger partial charge in [0.25, 0.3) is 0 Å². The predicted octanol–water partition coefficient (Wildman–Crippen LogP) is 22.5. The second-order valence-electron chi connectivity index (χ2n) is 22.3. The summed E-state index contributed by atoms with van der Waals surface area (Å²) in [4.78, 5) is 14.4. The van der Waals surface area contributed by atoms with Crippen LogP contribution >= 0.6 is 65.9 Å². The van der Waals surface area contributed by atoms with Crippen molar-refractivity contribution in [1.29, 1.82) is 0 Å². The van der Waals surface area contributed by atoms with Crippen molar-refractivity contribution in [2.75, 3.05) is 0 Å². The van der Waals surface area contributed by atoms with Crippen molar-refractivity contribution in [1.82, 2.24) is 15.0 Å². The number of pyridine rings is 3. The number of benzene rings is 12. The number of aromatic nitrogens is 3. The molecule has 426 valence electrons. The van der Waals surface area contributed by atoms with Crippen molar-refractivity contribution in [3.8, 4) is 55.6 Å². The molecule has 11 heteroatoms. The van der Waals surface area contributed by atoms with Gasteiger partial charge in [-0.3, -0.25) is 15.0 Å². The van der Waals surface area contributed by atoms with Crippen LogP contribution in [0.2, 0.25) is 0 Å². The fraction of sp³-hybridized carbons (Fsp3) is 0. The van der Waals surface area contributed by atoms with E-state index in [-0.39, 0.29) is 0 Å².